The maximum absolute atomic E-state index is 13.7. The Morgan fingerprint density at radius 3 is 2.42 bits per heavy atom. The van der Waals surface area contributed by atoms with Gasteiger partial charge in [-0.3, -0.25) is 9.20 Å². The fourth-order valence-corrected chi connectivity index (χ4v) is 3.85. The molecule has 0 amide bonds. The molecule has 0 spiro atoms. The molecule has 1 N–H and O–H groups in total. The summed E-state index contributed by atoms with van der Waals surface area (Å²) >= 11 is 5.97. The third kappa shape index (κ3) is 3.20. The molecule has 6 heteroatoms. The number of para-hydroxylation sites is 2. The Bertz CT molecular complexity index is 1580. The van der Waals surface area contributed by atoms with Gasteiger partial charge in [0.15, 0.2) is 5.65 Å². The standard InChI is InChI=1S/C25H15ClN4O/c26-17-10-12-18(13-11-17)28-15-20-23(16-6-2-1-3-7-16)19(14-27)24-29-21-8-4-5-9-22(21)30(24)25(20)31/h1-13,15,28H/b20-15+. The molecule has 0 radical (unpaired) electrons. The number of halogens is 1. The third-order valence-electron chi connectivity index (χ3n) is 5.14. The lowest BCUT2D eigenvalue weighted by atomic mass is 9.99. The Balaban J connectivity index is 1.89. The minimum absolute atomic E-state index is 0.247. The minimum atomic E-state index is -0.247. The summed E-state index contributed by atoms with van der Waals surface area (Å²) in [6.07, 6.45) is 1.64. The molecule has 2 aromatic heterocycles. The van der Waals surface area contributed by atoms with Crippen LogP contribution in [0.2, 0.25) is 5.02 Å². The number of benzene rings is 3. The second-order valence-electron chi connectivity index (χ2n) is 7.00. The van der Waals surface area contributed by atoms with Gasteiger partial charge in [-0.05, 0) is 42.0 Å². The summed E-state index contributed by atoms with van der Waals surface area (Å²) < 4.78 is 1.51. The second kappa shape index (κ2) is 7.60. The molecule has 2 heterocycles. The van der Waals surface area contributed by atoms with Gasteiger partial charge in [-0.25, -0.2) is 4.98 Å². The van der Waals surface area contributed by atoms with Gasteiger partial charge in [0.05, 0.1) is 16.3 Å². The zero-order valence-electron chi connectivity index (χ0n) is 16.2. The molecular weight excluding hydrogens is 408 g/mol. The zero-order chi connectivity index (χ0) is 21.4. The summed E-state index contributed by atoms with van der Waals surface area (Å²) in [6.45, 7) is 0. The first-order valence-electron chi connectivity index (χ1n) is 9.62. The van der Waals surface area contributed by atoms with Crippen LogP contribution in [0.15, 0.2) is 83.7 Å². The summed E-state index contributed by atoms with van der Waals surface area (Å²) in [5, 5.41) is 14.3. The van der Waals surface area contributed by atoms with Crippen LogP contribution >= 0.6 is 11.6 Å². The van der Waals surface area contributed by atoms with E-state index in [4.69, 9.17) is 11.6 Å². The molecule has 5 aromatic rings. The van der Waals surface area contributed by atoms with Crippen LogP contribution in [0.25, 0.3) is 34.0 Å². The van der Waals surface area contributed by atoms with Gasteiger partial charge in [0.25, 0.3) is 5.56 Å². The van der Waals surface area contributed by atoms with Crippen LogP contribution in [0, 0.1) is 11.3 Å². The number of imidazole rings is 1. The molecule has 0 fully saturated rings. The maximum atomic E-state index is 13.7. The molecule has 0 aliphatic carbocycles. The van der Waals surface area contributed by atoms with Crippen LogP contribution in [-0.2, 0) is 0 Å². The van der Waals surface area contributed by atoms with Crippen molar-refractivity contribution >= 4 is 40.2 Å². The van der Waals surface area contributed by atoms with Gasteiger partial charge in [0, 0.05) is 22.5 Å². The lowest BCUT2D eigenvalue weighted by Gasteiger charge is -2.09. The largest absolute Gasteiger partial charge is 0.361 e. The van der Waals surface area contributed by atoms with E-state index in [2.05, 4.69) is 16.4 Å². The van der Waals surface area contributed by atoms with E-state index in [0.717, 1.165) is 11.3 Å². The molecule has 5 rings (SSSR count). The molecule has 0 bridgehead atoms. The number of nitrogens with zero attached hydrogens (tertiary/aromatic N) is 3. The molecular formula is C25H15ClN4O. The molecule has 5 nitrogen and oxygen atoms in total. The topological polar surface area (TPSA) is 70.2 Å². The number of anilines is 1. The quantitative estimate of drug-likeness (QED) is 0.461. The highest BCUT2D eigenvalue weighted by atomic mass is 35.5. The van der Waals surface area contributed by atoms with Crippen LogP contribution in [0.1, 0.15) is 5.56 Å². The fourth-order valence-electron chi connectivity index (χ4n) is 3.72. The zero-order valence-corrected chi connectivity index (χ0v) is 17.0. The Kier molecular flexibility index (Phi) is 4.62. The number of rotatable bonds is 3. The highest BCUT2D eigenvalue weighted by Gasteiger charge is 2.19. The van der Waals surface area contributed by atoms with Crippen molar-refractivity contribution in [3.63, 3.8) is 0 Å². The first kappa shape index (κ1) is 18.9. The van der Waals surface area contributed by atoms with E-state index in [1.807, 2.05) is 66.7 Å². The minimum Gasteiger partial charge on any atom is -0.361 e. The van der Waals surface area contributed by atoms with Crippen LogP contribution in [0.4, 0.5) is 5.69 Å². The molecule has 0 aliphatic heterocycles. The Morgan fingerprint density at radius 1 is 0.968 bits per heavy atom. The average Bonchev–Trinajstić information content (AvgIpc) is 3.19. The van der Waals surface area contributed by atoms with Crippen molar-refractivity contribution in [2.45, 2.75) is 0 Å². The third-order valence-corrected chi connectivity index (χ3v) is 5.39. The fraction of sp³-hybridized carbons (Fsp3) is 0. The van der Waals surface area contributed by atoms with E-state index < -0.39 is 0 Å². The van der Waals surface area contributed by atoms with Gasteiger partial charge in [-0.15, -0.1) is 0 Å². The lowest BCUT2D eigenvalue weighted by molar-refractivity contribution is 1.12. The van der Waals surface area contributed by atoms with E-state index in [-0.39, 0.29) is 5.56 Å². The van der Waals surface area contributed by atoms with Crippen molar-refractivity contribution < 1.29 is 0 Å². The van der Waals surface area contributed by atoms with Gasteiger partial charge in [0.2, 0.25) is 0 Å². The number of aromatic nitrogens is 2. The SMILES string of the molecule is N#Cc1c(-c2ccccc2)/c(=C\Nc2ccc(Cl)cc2)c(=O)n2c1nc1ccccc12. The predicted molar refractivity (Wildman–Crippen MR) is 124 cm³/mol. The van der Waals surface area contributed by atoms with Crippen molar-refractivity contribution in [1.82, 2.24) is 9.38 Å². The molecule has 0 aliphatic rings. The van der Waals surface area contributed by atoms with Gasteiger partial charge in [0.1, 0.15) is 11.6 Å². The lowest BCUT2D eigenvalue weighted by Crippen LogP contribution is -2.34. The summed E-state index contributed by atoms with van der Waals surface area (Å²) in [5.74, 6) is 0. The molecule has 3 aromatic carbocycles. The number of fused-ring (bicyclic) bond motifs is 3. The number of hydrogen-bond donors (Lipinski definition) is 1. The van der Waals surface area contributed by atoms with E-state index >= 15 is 0 Å². The van der Waals surface area contributed by atoms with Crippen molar-refractivity contribution in [3.05, 3.63) is 105 Å². The normalized spacial score (nSPS) is 11.7. The smallest absolute Gasteiger partial charge is 0.266 e. The van der Waals surface area contributed by atoms with Gasteiger partial charge < -0.3 is 5.32 Å². The summed E-state index contributed by atoms with van der Waals surface area (Å²) in [7, 11) is 0. The number of pyridine rings is 1. The van der Waals surface area contributed by atoms with Crippen LogP contribution in [0.5, 0.6) is 0 Å². The van der Waals surface area contributed by atoms with Crippen molar-refractivity contribution in [2.75, 3.05) is 5.32 Å². The van der Waals surface area contributed by atoms with Crippen molar-refractivity contribution in [3.8, 4) is 17.2 Å². The summed E-state index contributed by atoms with van der Waals surface area (Å²) in [5.41, 5.74) is 3.90. The molecule has 148 valence electrons. The summed E-state index contributed by atoms with van der Waals surface area (Å²) in [4.78, 5) is 18.3. The average molecular weight is 423 g/mol. The Labute approximate surface area is 182 Å². The van der Waals surface area contributed by atoms with Crippen molar-refractivity contribution in [2.24, 2.45) is 0 Å². The molecule has 0 saturated heterocycles. The van der Waals surface area contributed by atoms with Gasteiger partial charge in [-0.1, -0.05) is 54.1 Å². The first-order valence-corrected chi connectivity index (χ1v) is 10.00. The van der Waals surface area contributed by atoms with Gasteiger partial charge in [-0.2, -0.15) is 5.26 Å². The van der Waals surface area contributed by atoms with Crippen LogP contribution in [0.3, 0.4) is 0 Å². The number of nitriles is 1. The molecule has 0 unspecified atom stereocenters. The van der Waals surface area contributed by atoms with E-state index in [1.54, 1.807) is 18.3 Å². The molecule has 0 saturated carbocycles. The number of nitrogens with one attached hydrogen (secondary N) is 1. The first-order chi connectivity index (χ1) is 15.2. The van der Waals surface area contributed by atoms with E-state index in [0.29, 0.717) is 38.0 Å². The van der Waals surface area contributed by atoms with Crippen LogP contribution < -0.4 is 16.1 Å². The monoisotopic (exact) mass is 422 g/mol. The highest BCUT2D eigenvalue weighted by molar-refractivity contribution is 6.30. The van der Waals surface area contributed by atoms with Crippen molar-refractivity contribution in [1.29, 1.82) is 5.26 Å². The Hall–Kier alpha value is -4.14. The molecule has 31 heavy (non-hydrogen) atoms. The number of hydrogen-bond acceptors (Lipinski definition) is 4. The van der Waals surface area contributed by atoms with E-state index in [9.17, 15) is 10.1 Å². The Morgan fingerprint density at radius 2 is 1.68 bits per heavy atom. The van der Waals surface area contributed by atoms with Crippen LogP contribution in [-0.4, -0.2) is 9.38 Å². The predicted octanol–water partition coefficient (Wildman–Crippen LogP) is 4.61. The van der Waals surface area contributed by atoms with E-state index in [1.165, 1.54) is 4.40 Å². The summed E-state index contributed by atoms with van der Waals surface area (Å²) in [6, 6.07) is 26.2. The highest BCUT2D eigenvalue weighted by Crippen LogP contribution is 2.24. The van der Waals surface area contributed by atoms with Gasteiger partial charge >= 0.3 is 0 Å². The molecule has 0 atom stereocenters. The maximum Gasteiger partial charge on any atom is 0.266 e. The second-order valence-corrected chi connectivity index (χ2v) is 7.44.